The van der Waals surface area contributed by atoms with Crippen LogP contribution in [0.2, 0.25) is 0 Å². The molecule has 8 nitrogen and oxygen atoms in total. The lowest BCUT2D eigenvalue weighted by Crippen LogP contribution is -2.51. The first-order valence-corrected chi connectivity index (χ1v) is 11.3. The van der Waals surface area contributed by atoms with Crippen LogP contribution in [-0.2, 0) is 18.0 Å². The number of fused-ring (bicyclic) bond motifs is 2. The van der Waals surface area contributed by atoms with E-state index in [0.29, 0.717) is 17.5 Å². The van der Waals surface area contributed by atoms with E-state index >= 15 is 0 Å². The second kappa shape index (κ2) is 8.51. The molecule has 3 aromatic rings. The van der Waals surface area contributed by atoms with Crippen molar-refractivity contribution >= 4 is 23.4 Å². The Balaban J connectivity index is 1.42. The van der Waals surface area contributed by atoms with Gasteiger partial charge in [-0.05, 0) is 54.8 Å². The molecule has 0 unspecified atom stereocenters. The number of carbonyl (C=O) groups is 3. The molecule has 36 heavy (non-hydrogen) atoms. The summed E-state index contributed by atoms with van der Waals surface area (Å²) < 4.78 is 41.1. The molecule has 0 saturated carbocycles. The summed E-state index contributed by atoms with van der Waals surface area (Å²) in [6, 6.07) is 9.45. The highest BCUT2D eigenvalue weighted by Crippen LogP contribution is 2.35. The molecule has 2 aliphatic heterocycles. The third-order valence-electron chi connectivity index (χ3n) is 6.62. The molecular weight excluding hydrogens is 475 g/mol. The standard InChI is InChI=1S/C25H22F3N5O3/c1-13-10-20(31-32(13)2)22(34)30-19-8-9-33-21(19)23(35)29-18-7-6-15(12-17(18)24(33)36)14-4-3-5-16(11-14)25(26,27)28/h3-7,10-12,19,21H,8-9H2,1-2H3,(H,29,35)(H,30,34)/t19-,21-/m0/s1. The molecule has 2 atom stereocenters. The van der Waals surface area contributed by atoms with Gasteiger partial charge in [-0.3, -0.25) is 19.1 Å². The predicted octanol–water partition coefficient (Wildman–Crippen LogP) is 3.38. The maximum Gasteiger partial charge on any atom is 0.416 e. The van der Waals surface area contributed by atoms with Gasteiger partial charge in [0.25, 0.3) is 11.8 Å². The van der Waals surface area contributed by atoms with Crippen molar-refractivity contribution in [3.63, 3.8) is 0 Å². The van der Waals surface area contributed by atoms with E-state index < -0.39 is 41.5 Å². The first-order valence-electron chi connectivity index (χ1n) is 11.3. The third-order valence-corrected chi connectivity index (χ3v) is 6.62. The average Bonchev–Trinajstić information content (AvgIpc) is 3.38. The van der Waals surface area contributed by atoms with Crippen molar-refractivity contribution in [3.8, 4) is 11.1 Å². The molecule has 186 valence electrons. The monoisotopic (exact) mass is 497 g/mol. The van der Waals surface area contributed by atoms with Crippen molar-refractivity contribution in [2.45, 2.75) is 31.6 Å². The number of nitrogens with one attached hydrogen (secondary N) is 2. The van der Waals surface area contributed by atoms with E-state index in [0.717, 1.165) is 17.8 Å². The number of aryl methyl sites for hydroxylation is 2. The number of hydrogen-bond acceptors (Lipinski definition) is 4. The molecule has 3 amide bonds. The zero-order valence-electron chi connectivity index (χ0n) is 19.4. The lowest BCUT2D eigenvalue weighted by Gasteiger charge is -2.24. The number of benzene rings is 2. The number of halogens is 3. The van der Waals surface area contributed by atoms with Gasteiger partial charge >= 0.3 is 6.18 Å². The summed E-state index contributed by atoms with van der Waals surface area (Å²) in [6.45, 7) is 2.04. The molecule has 1 fully saturated rings. The molecule has 11 heteroatoms. The molecule has 2 N–H and O–H groups in total. The fourth-order valence-electron chi connectivity index (χ4n) is 4.66. The number of hydrogen-bond donors (Lipinski definition) is 2. The zero-order chi connectivity index (χ0) is 25.8. The van der Waals surface area contributed by atoms with Crippen LogP contribution in [0.1, 0.15) is 38.5 Å². The molecule has 2 aromatic carbocycles. The second-order valence-corrected chi connectivity index (χ2v) is 8.93. The van der Waals surface area contributed by atoms with Crippen LogP contribution in [0.25, 0.3) is 11.1 Å². The van der Waals surface area contributed by atoms with Gasteiger partial charge in [0, 0.05) is 19.3 Å². The molecular formula is C25H22F3N5O3. The zero-order valence-corrected chi connectivity index (χ0v) is 19.4. The van der Waals surface area contributed by atoms with Gasteiger partial charge in [-0.25, -0.2) is 0 Å². The summed E-state index contributed by atoms with van der Waals surface area (Å²) in [5.74, 6) is -1.33. The van der Waals surface area contributed by atoms with Crippen LogP contribution in [0, 0.1) is 6.92 Å². The average molecular weight is 497 g/mol. The second-order valence-electron chi connectivity index (χ2n) is 8.93. The van der Waals surface area contributed by atoms with Gasteiger partial charge in [-0.1, -0.05) is 18.2 Å². The maximum atomic E-state index is 13.4. The number of aromatic nitrogens is 2. The van der Waals surface area contributed by atoms with Gasteiger partial charge in [0.15, 0.2) is 0 Å². The fourth-order valence-corrected chi connectivity index (χ4v) is 4.66. The van der Waals surface area contributed by atoms with Crippen LogP contribution in [0.15, 0.2) is 48.5 Å². The van der Waals surface area contributed by atoms with E-state index in [1.165, 1.54) is 29.2 Å². The summed E-state index contributed by atoms with van der Waals surface area (Å²) in [4.78, 5) is 40.7. The van der Waals surface area contributed by atoms with E-state index in [9.17, 15) is 27.6 Å². The van der Waals surface area contributed by atoms with Gasteiger partial charge in [-0.2, -0.15) is 18.3 Å². The number of alkyl halides is 3. The van der Waals surface area contributed by atoms with Crippen molar-refractivity contribution in [3.05, 3.63) is 71.0 Å². The summed E-state index contributed by atoms with van der Waals surface area (Å²) in [6.07, 6.45) is -4.13. The van der Waals surface area contributed by atoms with Crippen LogP contribution in [0.5, 0.6) is 0 Å². The van der Waals surface area contributed by atoms with E-state index in [1.807, 2.05) is 6.92 Å². The third kappa shape index (κ3) is 4.10. The van der Waals surface area contributed by atoms with Gasteiger partial charge in [0.2, 0.25) is 5.91 Å². The molecule has 0 bridgehead atoms. The lowest BCUT2D eigenvalue weighted by molar-refractivity contribution is -0.137. The van der Waals surface area contributed by atoms with Gasteiger partial charge < -0.3 is 15.5 Å². The lowest BCUT2D eigenvalue weighted by atomic mass is 9.99. The first-order chi connectivity index (χ1) is 17.0. The van der Waals surface area contributed by atoms with E-state index in [-0.39, 0.29) is 23.5 Å². The van der Waals surface area contributed by atoms with Crippen molar-refractivity contribution < 1.29 is 27.6 Å². The SMILES string of the molecule is Cc1cc(C(=O)N[C@H]2CCN3C(=O)c4cc(-c5cccc(C(F)(F)F)c5)ccc4NC(=O)[C@H]23)nn1C. The quantitative estimate of drug-likeness (QED) is 0.580. The Morgan fingerprint density at radius 3 is 2.56 bits per heavy atom. The Morgan fingerprint density at radius 2 is 1.86 bits per heavy atom. The normalized spacial score (nSPS) is 19.4. The fraction of sp³-hybridized carbons (Fsp3) is 0.280. The highest BCUT2D eigenvalue weighted by Gasteiger charge is 2.45. The molecule has 2 aliphatic rings. The Labute approximate surface area is 204 Å². The van der Waals surface area contributed by atoms with Gasteiger partial charge in [-0.15, -0.1) is 0 Å². The van der Waals surface area contributed by atoms with E-state index in [4.69, 9.17) is 0 Å². The molecule has 1 aromatic heterocycles. The Morgan fingerprint density at radius 1 is 1.11 bits per heavy atom. The number of carbonyl (C=O) groups excluding carboxylic acids is 3. The largest absolute Gasteiger partial charge is 0.416 e. The Bertz CT molecular complexity index is 1380. The molecule has 5 rings (SSSR count). The Hall–Kier alpha value is -4.15. The van der Waals surface area contributed by atoms with Crippen LogP contribution in [-0.4, -0.2) is 51.0 Å². The van der Waals surface area contributed by atoms with Crippen molar-refractivity contribution in [1.82, 2.24) is 20.0 Å². The van der Waals surface area contributed by atoms with Crippen molar-refractivity contribution in [2.75, 3.05) is 11.9 Å². The summed E-state index contributed by atoms with van der Waals surface area (Å²) in [5.41, 5.74) is 1.36. The highest BCUT2D eigenvalue weighted by molar-refractivity contribution is 6.11. The number of nitrogens with zero attached hydrogens (tertiary/aromatic N) is 3. The molecule has 1 saturated heterocycles. The molecule has 3 heterocycles. The van der Waals surface area contributed by atoms with Crippen LogP contribution < -0.4 is 10.6 Å². The number of rotatable bonds is 3. The molecule has 0 aliphatic carbocycles. The minimum atomic E-state index is -4.50. The van der Waals surface area contributed by atoms with Gasteiger partial charge in [0.05, 0.1) is 22.9 Å². The first kappa shape index (κ1) is 23.6. The Kier molecular flexibility index (Phi) is 5.57. The molecule has 0 radical (unpaired) electrons. The predicted molar refractivity (Wildman–Crippen MR) is 124 cm³/mol. The topological polar surface area (TPSA) is 96.3 Å². The van der Waals surface area contributed by atoms with Crippen molar-refractivity contribution in [1.29, 1.82) is 0 Å². The summed E-state index contributed by atoms with van der Waals surface area (Å²) in [7, 11) is 1.71. The minimum Gasteiger partial charge on any atom is -0.345 e. The van der Waals surface area contributed by atoms with E-state index in [2.05, 4.69) is 15.7 Å². The van der Waals surface area contributed by atoms with Crippen LogP contribution in [0.3, 0.4) is 0 Å². The van der Waals surface area contributed by atoms with Gasteiger partial charge in [0.1, 0.15) is 11.7 Å². The number of amides is 3. The van der Waals surface area contributed by atoms with Crippen LogP contribution >= 0.6 is 0 Å². The smallest absolute Gasteiger partial charge is 0.345 e. The maximum absolute atomic E-state index is 13.4. The van der Waals surface area contributed by atoms with Crippen LogP contribution in [0.4, 0.5) is 18.9 Å². The number of anilines is 1. The minimum absolute atomic E-state index is 0.174. The summed E-state index contributed by atoms with van der Waals surface area (Å²) in [5, 5.41) is 9.72. The molecule has 0 spiro atoms. The van der Waals surface area contributed by atoms with Crippen molar-refractivity contribution in [2.24, 2.45) is 7.05 Å². The highest BCUT2D eigenvalue weighted by atomic mass is 19.4. The van der Waals surface area contributed by atoms with E-state index in [1.54, 1.807) is 23.9 Å². The summed E-state index contributed by atoms with van der Waals surface area (Å²) >= 11 is 0.